The number of hydrogen-bond donors (Lipinski definition) is 0. The van der Waals surface area contributed by atoms with E-state index in [0.717, 1.165) is 129 Å². The van der Waals surface area contributed by atoms with Crippen LogP contribution in [0.5, 0.6) is 0 Å². The summed E-state index contributed by atoms with van der Waals surface area (Å²) in [7, 11) is 0. The fourth-order valence-corrected chi connectivity index (χ4v) is 12.3. The number of para-hydroxylation sites is 3. The van der Waals surface area contributed by atoms with Gasteiger partial charge >= 0.3 is 0 Å². The summed E-state index contributed by atoms with van der Waals surface area (Å²) in [5, 5.41) is 5.78. The molecule has 1 unspecified atom stereocenters. The first-order valence-corrected chi connectivity index (χ1v) is 24.9. The molecular formula is C65H46N2O3. The number of aromatic nitrogens is 2. The van der Waals surface area contributed by atoms with E-state index in [9.17, 15) is 0 Å². The van der Waals surface area contributed by atoms with Gasteiger partial charge in [0.2, 0.25) is 0 Å². The SMILES string of the molecule is C1=CCCC(n2c3c(c4cccc(C5CC=C(c6ccc7oc8cccc(-c9cc(-c%10ccccc%10)cc(C%10=Cc%11oc%12ccccc%12c%11CC%10)n9)c8c7c6)c6c5oc5ccccc65)c42)C=CCC3)=C1. The molecule has 5 heterocycles. The van der Waals surface area contributed by atoms with E-state index in [-0.39, 0.29) is 5.92 Å². The Hall–Kier alpha value is -8.41. The lowest BCUT2D eigenvalue weighted by Gasteiger charge is -2.25. The van der Waals surface area contributed by atoms with Crippen LogP contribution >= 0.6 is 0 Å². The summed E-state index contributed by atoms with van der Waals surface area (Å²) in [4.78, 5) is 5.51. The summed E-state index contributed by atoms with van der Waals surface area (Å²) in [5.74, 6) is 2.00. The minimum absolute atomic E-state index is 0.0358. The Morgan fingerprint density at radius 2 is 1.36 bits per heavy atom. The van der Waals surface area contributed by atoms with Crippen molar-refractivity contribution in [1.82, 2.24) is 9.55 Å². The molecular weight excluding hydrogens is 857 g/mol. The van der Waals surface area contributed by atoms with Crippen molar-refractivity contribution < 1.29 is 13.3 Å². The monoisotopic (exact) mass is 902 g/mol. The Morgan fingerprint density at radius 3 is 2.26 bits per heavy atom. The molecule has 0 N–H and O–H groups in total. The first kappa shape index (κ1) is 39.6. The van der Waals surface area contributed by atoms with E-state index in [0.29, 0.717) is 0 Å². The smallest absolute Gasteiger partial charge is 0.136 e. The predicted octanol–water partition coefficient (Wildman–Crippen LogP) is 17.4. The van der Waals surface area contributed by atoms with Crippen LogP contribution in [0.25, 0.3) is 106 Å². The topological polar surface area (TPSA) is 57.2 Å². The highest BCUT2D eigenvalue weighted by Crippen LogP contribution is 2.50. The normalized spacial score (nSPS) is 16.5. The van der Waals surface area contributed by atoms with Crippen molar-refractivity contribution in [3.8, 4) is 22.4 Å². The Labute approximate surface area is 404 Å². The molecule has 0 spiro atoms. The van der Waals surface area contributed by atoms with Crippen molar-refractivity contribution in [3.63, 3.8) is 0 Å². The van der Waals surface area contributed by atoms with Gasteiger partial charge in [0.15, 0.2) is 0 Å². The van der Waals surface area contributed by atoms with Gasteiger partial charge in [0.05, 0.1) is 16.9 Å². The zero-order chi connectivity index (χ0) is 45.9. The minimum atomic E-state index is 0.0358. The first-order chi connectivity index (χ1) is 34.7. The fraction of sp³-hybridized carbons (Fsp3) is 0.123. The van der Waals surface area contributed by atoms with Crippen LogP contribution in [0.2, 0.25) is 0 Å². The second-order valence-corrected chi connectivity index (χ2v) is 19.3. The molecule has 5 heteroatoms. The molecule has 0 bridgehead atoms. The van der Waals surface area contributed by atoms with Crippen molar-refractivity contribution in [3.05, 3.63) is 227 Å². The minimum Gasteiger partial charge on any atom is -0.460 e. The highest BCUT2D eigenvalue weighted by atomic mass is 16.3. The molecule has 0 radical (unpaired) electrons. The summed E-state index contributed by atoms with van der Waals surface area (Å²) >= 11 is 0. The standard InChI is InChI=1S/C65H46N2O3/c1-3-15-39(16-4-1)42-36-54(41-29-31-47-46-20-8-11-26-57(46)69-61(47)38-41)66-55(37-42)51-24-14-28-60-62(51)53-35-40(30-34-59(53)68-60)44-32-33-50(65-63(44)52-21-9-12-27-58(52)70-65)49-23-13-22-48-45-19-7-10-25-56(45)67(64(48)49)43-17-5-2-6-18-43/h1-5,7-9,11-17,19-24,26-28,30,32,34-38,50H,6,10,18,25,29,31,33H2. The fourth-order valence-electron chi connectivity index (χ4n) is 12.3. The van der Waals surface area contributed by atoms with Crippen LogP contribution in [0.1, 0.15) is 88.7 Å². The van der Waals surface area contributed by atoms with Crippen LogP contribution in [0, 0.1) is 0 Å². The van der Waals surface area contributed by atoms with Crippen molar-refractivity contribution >= 4 is 83.8 Å². The van der Waals surface area contributed by atoms with Gasteiger partial charge in [-0.05, 0) is 133 Å². The average Bonchev–Trinajstić information content (AvgIpc) is 4.20. The molecule has 0 aliphatic heterocycles. The number of allylic oxidation sites excluding steroid dienone is 7. The van der Waals surface area contributed by atoms with E-state index < -0.39 is 0 Å². The molecule has 5 nitrogen and oxygen atoms in total. The maximum atomic E-state index is 7.08. The number of furan rings is 3. The second kappa shape index (κ2) is 15.6. The molecule has 0 saturated carbocycles. The van der Waals surface area contributed by atoms with Crippen LogP contribution < -0.4 is 0 Å². The van der Waals surface area contributed by atoms with Gasteiger partial charge in [-0.2, -0.15) is 0 Å². The molecule has 334 valence electrons. The maximum absolute atomic E-state index is 7.08. The maximum Gasteiger partial charge on any atom is 0.136 e. The van der Waals surface area contributed by atoms with Gasteiger partial charge < -0.3 is 17.8 Å². The Kier molecular flexibility index (Phi) is 8.80. The second-order valence-electron chi connectivity index (χ2n) is 19.3. The summed E-state index contributed by atoms with van der Waals surface area (Å²) < 4.78 is 22.8. The highest BCUT2D eigenvalue weighted by molar-refractivity contribution is 6.14. The average molecular weight is 903 g/mol. The highest BCUT2D eigenvalue weighted by Gasteiger charge is 2.34. The third kappa shape index (κ3) is 6.07. The number of pyridine rings is 1. The molecule has 4 aliphatic carbocycles. The van der Waals surface area contributed by atoms with Crippen molar-refractivity contribution in [1.29, 1.82) is 0 Å². The molecule has 1 atom stereocenters. The number of aryl methyl sites for hydroxylation is 1. The van der Waals surface area contributed by atoms with E-state index in [1.54, 1.807) is 0 Å². The lowest BCUT2D eigenvalue weighted by atomic mass is 9.80. The van der Waals surface area contributed by atoms with Gasteiger partial charge in [-0.1, -0.05) is 134 Å². The molecule has 15 rings (SSSR count). The van der Waals surface area contributed by atoms with Gasteiger partial charge in [-0.3, -0.25) is 0 Å². The van der Waals surface area contributed by atoms with E-state index in [4.69, 9.17) is 18.2 Å². The molecule has 70 heavy (non-hydrogen) atoms. The van der Waals surface area contributed by atoms with Crippen LogP contribution in [-0.2, 0) is 12.8 Å². The molecule has 4 aliphatic rings. The zero-order valence-electron chi connectivity index (χ0n) is 38.5. The van der Waals surface area contributed by atoms with E-state index in [1.165, 1.54) is 61.1 Å². The van der Waals surface area contributed by atoms with Gasteiger partial charge in [-0.15, -0.1) is 0 Å². The van der Waals surface area contributed by atoms with Crippen LogP contribution in [0.4, 0.5) is 0 Å². The number of rotatable bonds is 6. The van der Waals surface area contributed by atoms with Crippen molar-refractivity contribution in [2.24, 2.45) is 0 Å². The van der Waals surface area contributed by atoms with Gasteiger partial charge in [0, 0.05) is 66.5 Å². The lowest BCUT2D eigenvalue weighted by Crippen LogP contribution is -2.11. The van der Waals surface area contributed by atoms with Crippen molar-refractivity contribution in [2.45, 2.75) is 50.9 Å². The molecule has 5 aromatic heterocycles. The number of hydrogen-bond acceptors (Lipinski definition) is 4. The van der Waals surface area contributed by atoms with Crippen LogP contribution in [0.3, 0.4) is 0 Å². The first-order valence-electron chi connectivity index (χ1n) is 24.9. The third-order valence-electron chi connectivity index (χ3n) is 15.4. The summed E-state index contributed by atoms with van der Waals surface area (Å²) in [6.45, 7) is 0. The van der Waals surface area contributed by atoms with Gasteiger partial charge in [0.1, 0.15) is 33.9 Å². The van der Waals surface area contributed by atoms with Gasteiger partial charge in [-0.25, -0.2) is 4.98 Å². The Bertz CT molecular complexity index is 4160. The largest absolute Gasteiger partial charge is 0.460 e. The summed E-state index contributed by atoms with van der Waals surface area (Å²) in [6.07, 6.45) is 23.0. The molecule has 11 aromatic rings. The third-order valence-corrected chi connectivity index (χ3v) is 15.4. The molecule has 0 saturated heterocycles. The lowest BCUT2D eigenvalue weighted by molar-refractivity contribution is 0.516. The Balaban J connectivity index is 0.886. The predicted molar refractivity (Wildman–Crippen MR) is 286 cm³/mol. The van der Waals surface area contributed by atoms with E-state index in [1.807, 2.05) is 6.07 Å². The summed E-state index contributed by atoms with van der Waals surface area (Å²) in [5.41, 5.74) is 21.5. The zero-order valence-corrected chi connectivity index (χ0v) is 38.5. The van der Waals surface area contributed by atoms with Crippen molar-refractivity contribution in [2.75, 3.05) is 0 Å². The number of nitrogens with zero attached hydrogens (tertiary/aromatic N) is 2. The van der Waals surface area contributed by atoms with Crippen LogP contribution in [0.15, 0.2) is 189 Å². The number of fused-ring (bicyclic) bond motifs is 12. The number of benzene rings is 6. The Morgan fingerprint density at radius 1 is 0.571 bits per heavy atom. The quantitative estimate of drug-likeness (QED) is 0.167. The van der Waals surface area contributed by atoms with E-state index in [2.05, 4.69) is 187 Å². The van der Waals surface area contributed by atoms with E-state index >= 15 is 0 Å². The van der Waals surface area contributed by atoms with Crippen LogP contribution in [-0.4, -0.2) is 9.55 Å². The molecule has 0 fully saturated rings. The molecule has 6 aromatic carbocycles. The molecule has 0 amide bonds. The van der Waals surface area contributed by atoms with Gasteiger partial charge in [0.25, 0.3) is 0 Å². The summed E-state index contributed by atoms with van der Waals surface area (Å²) in [6, 6.07) is 52.1.